The summed E-state index contributed by atoms with van der Waals surface area (Å²) < 4.78 is 5.81. The topological polar surface area (TPSA) is 62.6 Å². The normalized spacial score (nSPS) is 15.5. The molecule has 5 nitrogen and oxygen atoms in total. The highest BCUT2D eigenvalue weighted by molar-refractivity contribution is 7.80. The van der Waals surface area contributed by atoms with Crippen molar-refractivity contribution in [3.05, 3.63) is 81.0 Å². The lowest BCUT2D eigenvalue weighted by molar-refractivity contribution is -0.122. The fourth-order valence-electron chi connectivity index (χ4n) is 3.34. The van der Waals surface area contributed by atoms with E-state index in [1.54, 1.807) is 36.4 Å². The summed E-state index contributed by atoms with van der Waals surface area (Å²) in [5.41, 5.74) is 3.04. The van der Waals surface area contributed by atoms with Crippen molar-refractivity contribution >= 4 is 64.1 Å². The van der Waals surface area contributed by atoms with Crippen LogP contribution in [0.4, 0.5) is 5.69 Å². The first-order chi connectivity index (χ1) is 14.8. The van der Waals surface area contributed by atoms with E-state index in [4.69, 9.17) is 39.8 Å². The fraction of sp³-hybridized carbons (Fsp3) is 0.0870. The van der Waals surface area contributed by atoms with Crippen molar-refractivity contribution in [2.24, 2.45) is 0 Å². The molecule has 0 unspecified atom stereocenters. The Balaban J connectivity index is 1.71. The van der Waals surface area contributed by atoms with Gasteiger partial charge in [-0.25, -0.2) is 0 Å². The highest BCUT2D eigenvalue weighted by Crippen LogP contribution is 2.35. The Morgan fingerprint density at radius 1 is 1.06 bits per heavy atom. The SMILES string of the molecule is Cc1ccc(N2C(=O)/C(=C\c3ccc(-c4cccc(Cl)c4Cl)o3)C(=O)NC2=S)c(C)c1. The first-order valence-electron chi connectivity index (χ1n) is 9.29. The average molecular weight is 471 g/mol. The molecule has 1 fully saturated rings. The summed E-state index contributed by atoms with van der Waals surface area (Å²) in [6.45, 7) is 3.84. The maximum atomic E-state index is 13.2. The number of nitrogens with one attached hydrogen (secondary N) is 1. The van der Waals surface area contributed by atoms with Crippen LogP contribution in [0.15, 0.2) is 58.5 Å². The molecular formula is C23H16Cl2N2O3S. The molecular weight excluding hydrogens is 455 g/mol. The van der Waals surface area contributed by atoms with E-state index in [-0.39, 0.29) is 10.7 Å². The largest absolute Gasteiger partial charge is 0.457 e. The molecule has 2 aromatic carbocycles. The van der Waals surface area contributed by atoms with Crippen molar-refractivity contribution in [1.82, 2.24) is 5.32 Å². The number of rotatable bonds is 3. The maximum absolute atomic E-state index is 13.2. The predicted octanol–water partition coefficient (Wildman–Crippen LogP) is 5.70. The Hall–Kier alpha value is -2.93. The smallest absolute Gasteiger partial charge is 0.270 e. The average Bonchev–Trinajstić information content (AvgIpc) is 3.17. The van der Waals surface area contributed by atoms with Gasteiger partial charge >= 0.3 is 0 Å². The Labute approximate surface area is 194 Å². The van der Waals surface area contributed by atoms with Crippen LogP contribution in [-0.4, -0.2) is 16.9 Å². The Morgan fingerprint density at radius 2 is 1.84 bits per heavy atom. The van der Waals surface area contributed by atoms with Crippen molar-refractivity contribution in [2.75, 3.05) is 4.90 Å². The van der Waals surface area contributed by atoms with Crippen molar-refractivity contribution in [3.63, 3.8) is 0 Å². The lowest BCUT2D eigenvalue weighted by Crippen LogP contribution is -2.54. The van der Waals surface area contributed by atoms with Crippen LogP contribution in [0.5, 0.6) is 0 Å². The van der Waals surface area contributed by atoms with E-state index < -0.39 is 11.8 Å². The van der Waals surface area contributed by atoms with Crippen molar-refractivity contribution < 1.29 is 14.0 Å². The third kappa shape index (κ3) is 4.02. The third-order valence-electron chi connectivity index (χ3n) is 4.83. The summed E-state index contributed by atoms with van der Waals surface area (Å²) >= 11 is 17.6. The highest BCUT2D eigenvalue weighted by atomic mass is 35.5. The quantitative estimate of drug-likeness (QED) is 0.302. The van der Waals surface area contributed by atoms with Gasteiger partial charge in [-0.3, -0.25) is 19.8 Å². The molecule has 0 spiro atoms. The molecule has 0 saturated carbocycles. The minimum Gasteiger partial charge on any atom is -0.457 e. The van der Waals surface area contributed by atoms with Crippen molar-refractivity contribution in [3.8, 4) is 11.3 Å². The number of benzene rings is 2. The number of nitrogens with zero attached hydrogens (tertiary/aromatic N) is 1. The van der Waals surface area contributed by atoms with Gasteiger partial charge in [0.15, 0.2) is 5.11 Å². The number of aryl methyl sites for hydroxylation is 2. The molecule has 0 radical (unpaired) electrons. The van der Waals surface area contributed by atoms with E-state index in [2.05, 4.69) is 5.32 Å². The van der Waals surface area contributed by atoms with Gasteiger partial charge in [-0.05, 0) is 68.0 Å². The first kappa shape index (κ1) is 21.3. The number of carbonyl (C=O) groups is 2. The van der Waals surface area contributed by atoms with Gasteiger partial charge in [0.25, 0.3) is 11.8 Å². The molecule has 0 aliphatic carbocycles. The van der Waals surface area contributed by atoms with Crippen LogP contribution < -0.4 is 10.2 Å². The number of amides is 2. The molecule has 0 atom stereocenters. The summed E-state index contributed by atoms with van der Waals surface area (Å²) in [7, 11) is 0. The number of furan rings is 1. The summed E-state index contributed by atoms with van der Waals surface area (Å²) in [5, 5.41) is 3.36. The lowest BCUT2D eigenvalue weighted by atomic mass is 10.1. The van der Waals surface area contributed by atoms with E-state index in [9.17, 15) is 9.59 Å². The standard InChI is InChI=1S/C23H16Cl2N2O3S/c1-12-6-8-18(13(2)10-12)27-22(29)16(21(28)26-23(27)31)11-14-7-9-19(30-14)15-4-3-5-17(24)20(15)25/h3-11H,1-2H3,(H,26,28,31)/b16-11-. The Kier molecular flexibility index (Phi) is 5.71. The van der Waals surface area contributed by atoms with Gasteiger partial charge in [0.05, 0.1) is 15.7 Å². The van der Waals surface area contributed by atoms with Crippen LogP contribution >= 0.6 is 35.4 Å². The van der Waals surface area contributed by atoms with Crippen LogP contribution in [-0.2, 0) is 9.59 Å². The zero-order chi connectivity index (χ0) is 22.3. The monoisotopic (exact) mass is 470 g/mol. The number of hydrogen-bond acceptors (Lipinski definition) is 4. The lowest BCUT2D eigenvalue weighted by Gasteiger charge is -2.30. The summed E-state index contributed by atoms with van der Waals surface area (Å²) in [4.78, 5) is 27.0. The second-order valence-corrected chi connectivity index (χ2v) is 8.22. The Morgan fingerprint density at radius 3 is 2.58 bits per heavy atom. The van der Waals surface area contributed by atoms with E-state index in [0.29, 0.717) is 32.8 Å². The zero-order valence-electron chi connectivity index (χ0n) is 16.5. The second-order valence-electron chi connectivity index (χ2n) is 7.05. The summed E-state index contributed by atoms with van der Waals surface area (Å²) in [6.07, 6.45) is 1.39. The number of anilines is 1. The number of thiocarbonyl (C=S) groups is 1. The van der Waals surface area contributed by atoms with Crippen LogP contribution in [0.3, 0.4) is 0 Å². The second kappa shape index (κ2) is 8.30. The zero-order valence-corrected chi connectivity index (χ0v) is 18.9. The van der Waals surface area contributed by atoms with Gasteiger partial charge < -0.3 is 4.42 Å². The maximum Gasteiger partial charge on any atom is 0.270 e. The minimum atomic E-state index is -0.588. The van der Waals surface area contributed by atoms with Gasteiger partial charge in [0.1, 0.15) is 17.1 Å². The minimum absolute atomic E-state index is 0.0324. The predicted molar refractivity (Wildman–Crippen MR) is 126 cm³/mol. The molecule has 1 aliphatic heterocycles. The van der Waals surface area contributed by atoms with Gasteiger partial charge in [-0.2, -0.15) is 0 Å². The highest BCUT2D eigenvalue weighted by Gasteiger charge is 2.35. The first-order valence-corrected chi connectivity index (χ1v) is 10.5. The van der Waals surface area contributed by atoms with E-state index in [0.717, 1.165) is 11.1 Å². The van der Waals surface area contributed by atoms with Crippen LogP contribution in [0, 0.1) is 13.8 Å². The number of halogens is 2. The van der Waals surface area contributed by atoms with Crippen molar-refractivity contribution in [1.29, 1.82) is 0 Å². The molecule has 4 rings (SSSR count). The molecule has 1 aliphatic rings. The van der Waals surface area contributed by atoms with Crippen LogP contribution in [0.2, 0.25) is 10.0 Å². The van der Waals surface area contributed by atoms with Gasteiger partial charge in [0.2, 0.25) is 0 Å². The van der Waals surface area contributed by atoms with Gasteiger partial charge in [-0.1, -0.05) is 47.0 Å². The molecule has 1 aromatic heterocycles. The molecule has 0 bridgehead atoms. The molecule has 31 heavy (non-hydrogen) atoms. The van der Waals surface area contributed by atoms with Gasteiger partial charge in [0, 0.05) is 5.56 Å². The fourth-order valence-corrected chi connectivity index (χ4v) is 4.01. The molecule has 1 N–H and O–H groups in total. The third-order valence-corrected chi connectivity index (χ3v) is 5.93. The van der Waals surface area contributed by atoms with E-state index in [1.807, 2.05) is 26.0 Å². The summed E-state index contributed by atoms with van der Waals surface area (Å²) in [6, 6.07) is 14.2. The van der Waals surface area contributed by atoms with E-state index >= 15 is 0 Å². The van der Waals surface area contributed by atoms with Crippen LogP contribution in [0.1, 0.15) is 16.9 Å². The van der Waals surface area contributed by atoms with Crippen LogP contribution in [0.25, 0.3) is 17.4 Å². The summed E-state index contributed by atoms with van der Waals surface area (Å²) in [5.74, 6) is -0.336. The molecule has 3 aromatic rings. The molecule has 2 heterocycles. The Bertz CT molecular complexity index is 1280. The molecule has 156 valence electrons. The molecule has 1 saturated heterocycles. The van der Waals surface area contributed by atoms with Gasteiger partial charge in [-0.15, -0.1) is 0 Å². The molecule has 8 heteroatoms. The number of carbonyl (C=O) groups excluding carboxylic acids is 2. The van der Waals surface area contributed by atoms with E-state index in [1.165, 1.54) is 11.0 Å². The molecule has 2 amide bonds. The number of hydrogen-bond donors (Lipinski definition) is 1. The van der Waals surface area contributed by atoms with Crippen molar-refractivity contribution in [2.45, 2.75) is 13.8 Å².